The van der Waals surface area contributed by atoms with Crippen LogP contribution in [-0.4, -0.2) is 46.2 Å². The van der Waals surface area contributed by atoms with E-state index in [1.165, 1.54) is 19.3 Å². The van der Waals surface area contributed by atoms with Crippen molar-refractivity contribution in [1.29, 1.82) is 0 Å². The summed E-state index contributed by atoms with van der Waals surface area (Å²) in [4.78, 5) is 18.8. The summed E-state index contributed by atoms with van der Waals surface area (Å²) < 4.78 is 5.97. The van der Waals surface area contributed by atoms with Crippen LogP contribution in [0.4, 0.5) is 0 Å². The van der Waals surface area contributed by atoms with E-state index in [-0.39, 0.29) is 18.1 Å². The number of rotatable bonds is 4. The van der Waals surface area contributed by atoms with Crippen LogP contribution >= 0.6 is 0 Å². The normalized spacial score (nSPS) is 21.5. The predicted molar refractivity (Wildman–Crippen MR) is 92.0 cm³/mol. The molecule has 1 aliphatic carbocycles. The van der Waals surface area contributed by atoms with Gasteiger partial charge in [0.2, 0.25) is 5.88 Å². The summed E-state index contributed by atoms with van der Waals surface area (Å²) in [6, 6.07) is 3.54. The van der Waals surface area contributed by atoms with E-state index in [2.05, 4.69) is 4.98 Å². The largest absolute Gasteiger partial charge is 0.474 e. The summed E-state index contributed by atoms with van der Waals surface area (Å²) in [6.07, 6.45) is 9.18. The molecule has 1 aliphatic heterocycles. The molecule has 24 heavy (non-hydrogen) atoms. The smallest absolute Gasteiger partial charge is 0.254 e. The molecule has 1 N–H and O–H groups in total. The number of pyridine rings is 1. The average molecular weight is 332 g/mol. The highest BCUT2D eigenvalue weighted by atomic mass is 16.5. The fourth-order valence-corrected chi connectivity index (χ4v) is 3.73. The minimum absolute atomic E-state index is 0.0370. The Balaban J connectivity index is 1.60. The van der Waals surface area contributed by atoms with E-state index in [4.69, 9.17) is 4.74 Å². The van der Waals surface area contributed by atoms with Crippen LogP contribution in [0.15, 0.2) is 18.3 Å². The number of likely N-dealkylation sites (tertiary alicyclic amines) is 1. The summed E-state index contributed by atoms with van der Waals surface area (Å²) >= 11 is 0. The van der Waals surface area contributed by atoms with E-state index in [1.807, 2.05) is 11.8 Å². The number of piperidine rings is 1. The SMILES string of the molecule is CC(O)C1CCN(C(=O)c2ccnc(OC3CCCCC3)c2)CC1. The van der Waals surface area contributed by atoms with Gasteiger partial charge >= 0.3 is 0 Å². The molecule has 5 heteroatoms. The van der Waals surface area contributed by atoms with Crippen molar-refractivity contribution >= 4 is 5.91 Å². The molecule has 132 valence electrons. The van der Waals surface area contributed by atoms with Gasteiger partial charge in [0.25, 0.3) is 5.91 Å². The van der Waals surface area contributed by atoms with Crippen LogP contribution in [0.2, 0.25) is 0 Å². The third-order valence-electron chi connectivity index (χ3n) is 5.33. The molecule has 0 bridgehead atoms. The number of hydrogen-bond donors (Lipinski definition) is 1. The highest BCUT2D eigenvalue weighted by Gasteiger charge is 2.26. The van der Waals surface area contributed by atoms with Gasteiger partial charge in [0.15, 0.2) is 0 Å². The van der Waals surface area contributed by atoms with Gasteiger partial charge in [-0.2, -0.15) is 0 Å². The topological polar surface area (TPSA) is 62.7 Å². The molecule has 3 rings (SSSR count). The zero-order valence-electron chi connectivity index (χ0n) is 14.5. The standard InChI is InChI=1S/C19H28N2O3/c1-14(22)15-8-11-21(12-9-15)19(23)16-7-10-20-18(13-16)24-17-5-3-2-4-6-17/h7,10,13-15,17,22H,2-6,8-9,11-12H2,1H3. The number of hydrogen-bond acceptors (Lipinski definition) is 4. The lowest BCUT2D eigenvalue weighted by molar-refractivity contribution is 0.0520. The van der Waals surface area contributed by atoms with Gasteiger partial charge in [-0.25, -0.2) is 4.98 Å². The average Bonchev–Trinajstić information content (AvgIpc) is 2.62. The number of aromatic nitrogens is 1. The molecule has 1 saturated carbocycles. The summed E-state index contributed by atoms with van der Waals surface area (Å²) in [5.41, 5.74) is 0.645. The monoisotopic (exact) mass is 332 g/mol. The number of nitrogens with zero attached hydrogens (tertiary/aromatic N) is 2. The van der Waals surface area contributed by atoms with Gasteiger partial charge in [0.1, 0.15) is 6.10 Å². The fraction of sp³-hybridized carbons (Fsp3) is 0.684. The quantitative estimate of drug-likeness (QED) is 0.920. The maximum absolute atomic E-state index is 12.7. The summed E-state index contributed by atoms with van der Waals surface area (Å²) in [6.45, 7) is 3.24. The van der Waals surface area contributed by atoms with Crippen molar-refractivity contribution in [1.82, 2.24) is 9.88 Å². The Morgan fingerprint density at radius 3 is 2.62 bits per heavy atom. The zero-order valence-corrected chi connectivity index (χ0v) is 14.5. The van der Waals surface area contributed by atoms with Gasteiger partial charge in [-0.15, -0.1) is 0 Å². The van der Waals surface area contributed by atoms with Crippen molar-refractivity contribution < 1.29 is 14.6 Å². The first-order valence-electron chi connectivity index (χ1n) is 9.23. The van der Waals surface area contributed by atoms with Gasteiger partial charge in [-0.3, -0.25) is 4.79 Å². The lowest BCUT2D eigenvalue weighted by Crippen LogP contribution is -2.40. The third-order valence-corrected chi connectivity index (χ3v) is 5.33. The minimum Gasteiger partial charge on any atom is -0.474 e. The van der Waals surface area contributed by atoms with Crippen LogP contribution in [-0.2, 0) is 0 Å². The van der Waals surface area contributed by atoms with Crippen LogP contribution in [0.1, 0.15) is 62.2 Å². The predicted octanol–water partition coefficient (Wildman–Crippen LogP) is 3.03. The van der Waals surface area contributed by atoms with Crippen molar-refractivity contribution in [3.63, 3.8) is 0 Å². The van der Waals surface area contributed by atoms with Crippen LogP contribution in [0, 0.1) is 5.92 Å². The number of amides is 1. The number of carbonyl (C=O) groups excluding carboxylic acids is 1. The first-order valence-corrected chi connectivity index (χ1v) is 9.23. The lowest BCUT2D eigenvalue weighted by atomic mass is 9.92. The van der Waals surface area contributed by atoms with Crippen LogP contribution in [0.5, 0.6) is 5.88 Å². The fourth-order valence-electron chi connectivity index (χ4n) is 3.73. The van der Waals surface area contributed by atoms with Crippen LogP contribution in [0.3, 0.4) is 0 Å². The molecule has 2 heterocycles. The van der Waals surface area contributed by atoms with E-state index < -0.39 is 0 Å². The first-order chi connectivity index (χ1) is 11.6. The van der Waals surface area contributed by atoms with E-state index in [1.54, 1.807) is 18.3 Å². The summed E-state index contributed by atoms with van der Waals surface area (Å²) in [5, 5.41) is 9.68. The number of ether oxygens (including phenoxy) is 1. The molecule has 0 radical (unpaired) electrons. The van der Waals surface area contributed by atoms with Crippen molar-refractivity contribution in [3.05, 3.63) is 23.9 Å². The molecular formula is C19H28N2O3. The Hall–Kier alpha value is -1.62. The van der Waals surface area contributed by atoms with Gasteiger partial charge in [-0.1, -0.05) is 6.42 Å². The molecule has 2 aliphatic rings. The molecule has 1 atom stereocenters. The Labute approximate surface area is 144 Å². The molecule has 2 fully saturated rings. The van der Waals surface area contributed by atoms with Crippen molar-refractivity contribution in [2.24, 2.45) is 5.92 Å². The minimum atomic E-state index is -0.293. The molecule has 1 unspecified atom stereocenters. The zero-order chi connectivity index (χ0) is 16.9. The second-order valence-electron chi connectivity index (χ2n) is 7.13. The Morgan fingerprint density at radius 2 is 1.96 bits per heavy atom. The molecule has 0 aromatic carbocycles. The van der Waals surface area contributed by atoms with Crippen molar-refractivity contribution in [2.75, 3.05) is 13.1 Å². The molecule has 1 saturated heterocycles. The number of aliphatic hydroxyl groups excluding tert-OH is 1. The maximum Gasteiger partial charge on any atom is 0.254 e. The van der Waals surface area contributed by atoms with Gasteiger partial charge in [0, 0.05) is 30.9 Å². The van der Waals surface area contributed by atoms with Gasteiger partial charge < -0.3 is 14.7 Å². The molecule has 0 spiro atoms. The van der Waals surface area contributed by atoms with E-state index in [0.29, 0.717) is 30.5 Å². The van der Waals surface area contributed by atoms with E-state index in [9.17, 15) is 9.90 Å². The Bertz CT molecular complexity index is 547. The second kappa shape index (κ2) is 7.97. The van der Waals surface area contributed by atoms with Crippen LogP contribution in [0.25, 0.3) is 0 Å². The molecule has 1 amide bonds. The van der Waals surface area contributed by atoms with Crippen molar-refractivity contribution in [3.8, 4) is 5.88 Å². The number of aliphatic hydroxyl groups is 1. The molecular weight excluding hydrogens is 304 g/mol. The first kappa shape index (κ1) is 17.2. The lowest BCUT2D eigenvalue weighted by Gasteiger charge is -2.33. The van der Waals surface area contributed by atoms with E-state index in [0.717, 1.165) is 25.7 Å². The summed E-state index contributed by atoms with van der Waals surface area (Å²) in [5.74, 6) is 0.901. The number of carbonyl (C=O) groups is 1. The Morgan fingerprint density at radius 1 is 1.25 bits per heavy atom. The molecule has 1 aromatic rings. The van der Waals surface area contributed by atoms with Crippen molar-refractivity contribution in [2.45, 2.75) is 64.1 Å². The molecule has 1 aromatic heterocycles. The third kappa shape index (κ3) is 4.26. The van der Waals surface area contributed by atoms with Crippen LogP contribution < -0.4 is 4.74 Å². The highest BCUT2D eigenvalue weighted by Crippen LogP contribution is 2.24. The molecule has 5 nitrogen and oxygen atoms in total. The van der Waals surface area contributed by atoms with E-state index >= 15 is 0 Å². The Kier molecular flexibility index (Phi) is 5.72. The van der Waals surface area contributed by atoms with Gasteiger partial charge in [-0.05, 0) is 57.4 Å². The second-order valence-corrected chi connectivity index (χ2v) is 7.13. The highest BCUT2D eigenvalue weighted by molar-refractivity contribution is 5.94. The van der Waals surface area contributed by atoms with Gasteiger partial charge in [0.05, 0.1) is 6.10 Å². The maximum atomic E-state index is 12.7. The summed E-state index contributed by atoms with van der Waals surface area (Å²) in [7, 11) is 0.